The molecular formula is C32H28F4N2O5. The van der Waals surface area contributed by atoms with Crippen molar-refractivity contribution >= 4 is 11.8 Å². The molecule has 4 rings (SSSR count). The molecule has 0 aliphatic rings. The lowest BCUT2D eigenvalue weighted by Gasteiger charge is -2.17. The maximum absolute atomic E-state index is 14.3. The summed E-state index contributed by atoms with van der Waals surface area (Å²) in [6.45, 7) is 3.55. The number of carbonyl (C=O) groups excluding carboxylic acids is 1. The van der Waals surface area contributed by atoms with Gasteiger partial charge in [0.05, 0.1) is 23.4 Å². The molecule has 7 nitrogen and oxygen atoms in total. The van der Waals surface area contributed by atoms with Gasteiger partial charge in [-0.05, 0) is 55.8 Å². The number of carboxylic acids is 1. The Morgan fingerprint density at radius 3 is 2.40 bits per heavy atom. The lowest BCUT2D eigenvalue weighted by atomic mass is 10.0. The molecule has 0 saturated carbocycles. The number of hydrogen-bond donors (Lipinski definition) is 2. The minimum atomic E-state index is -4.96. The minimum absolute atomic E-state index is 0.0211. The van der Waals surface area contributed by atoms with Crippen molar-refractivity contribution in [1.29, 1.82) is 0 Å². The van der Waals surface area contributed by atoms with Crippen molar-refractivity contribution in [2.75, 3.05) is 6.61 Å². The lowest BCUT2D eigenvalue weighted by molar-refractivity contribution is -0.140. The van der Waals surface area contributed by atoms with Crippen LogP contribution in [0.15, 0.2) is 89.0 Å². The van der Waals surface area contributed by atoms with Crippen LogP contribution < -0.4 is 10.1 Å². The highest BCUT2D eigenvalue weighted by Crippen LogP contribution is 2.32. The third-order valence-corrected chi connectivity index (χ3v) is 6.50. The summed E-state index contributed by atoms with van der Waals surface area (Å²) in [5.74, 6) is -2.13. The molecular weight excluding hydrogens is 568 g/mol. The molecule has 0 amide bonds. The number of carboxylic acid groups (broad SMARTS) is 1. The van der Waals surface area contributed by atoms with Gasteiger partial charge < -0.3 is 19.6 Å². The van der Waals surface area contributed by atoms with Crippen molar-refractivity contribution in [2.45, 2.75) is 38.9 Å². The highest BCUT2D eigenvalue weighted by molar-refractivity contribution is 6.05. The van der Waals surface area contributed by atoms with Gasteiger partial charge in [0, 0.05) is 30.2 Å². The van der Waals surface area contributed by atoms with E-state index in [0.29, 0.717) is 42.1 Å². The third kappa shape index (κ3) is 8.09. The smallest absolute Gasteiger partial charge is 0.419 e. The zero-order chi connectivity index (χ0) is 31.1. The Morgan fingerprint density at radius 1 is 1.05 bits per heavy atom. The first-order valence-electron chi connectivity index (χ1n) is 13.2. The predicted octanol–water partition coefficient (Wildman–Crippen LogP) is 6.80. The summed E-state index contributed by atoms with van der Waals surface area (Å²) in [6.07, 6.45) is -3.56. The van der Waals surface area contributed by atoms with Crippen molar-refractivity contribution in [2.24, 2.45) is 0 Å². The van der Waals surface area contributed by atoms with Crippen LogP contribution in [-0.2, 0) is 23.8 Å². The van der Waals surface area contributed by atoms with Crippen LogP contribution in [0.4, 0.5) is 17.6 Å². The molecule has 0 unspecified atom stereocenters. The van der Waals surface area contributed by atoms with Crippen molar-refractivity contribution < 1.29 is 41.4 Å². The van der Waals surface area contributed by atoms with Crippen molar-refractivity contribution in [1.82, 2.24) is 10.3 Å². The summed E-state index contributed by atoms with van der Waals surface area (Å²) < 4.78 is 64.9. The molecule has 1 aromatic heterocycles. The number of ketones is 1. The van der Waals surface area contributed by atoms with E-state index in [0.717, 1.165) is 29.5 Å². The molecule has 0 aliphatic heterocycles. The molecule has 4 aromatic rings. The largest absolute Gasteiger partial charge is 0.493 e. The summed E-state index contributed by atoms with van der Waals surface area (Å²) in [5, 5.41) is 12.3. The van der Waals surface area contributed by atoms with Gasteiger partial charge in [-0.1, -0.05) is 36.4 Å². The number of hydrogen-bond acceptors (Lipinski definition) is 6. The second-order valence-electron chi connectivity index (χ2n) is 9.73. The molecule has 0 fully saturated rings. The van der Waals surface area contributed by atoms with E-state index in [-0.39, 0.29) is 12.1 Å². The molecule has 0 aliphatic carbocycles. The molecule has 0 saturated heterocycles. The van der Waals surface area contributed by atoms with E-state index in [1.54, 1.807) is 24.3 Å². The average molecular weight is 597 g/mol. The van der Waals surface area contributed by atoms with Crippen LogP contribution in [0.2, 0.25) is 0 Å². The summed E-state index contributed by atoms with van der Waals surface area (Å²) in [7, 11) is 0. The second kappa shape index (κ2) is 13.4. The van der Waals surface area contributed by atoms with Gasteiger partial charge in [-0.3, -0.25) is 4.79 Å². The van der Waals surface area contributed by atoms with E-state index < -0.39 is 40.9 Å². The molecule has 0 spiro atoms. The number of aryl methyl sites for hydroxylation is 1. The molecule has 0 bridgehead atoms. The lowest BCUT2D eigenvalue weighted by Crippen LogP contribution is -2.37. The van der Waals surface area contributed by atoms with E-state index in [4.69, 9.17) is 9.15 Å². The number of alkyl halides is 3. The number of oxazole rings is 1. The number of allylic oxidation sites excluding steroid dienone is 2. The van der Waals surface area contributed by atoms with Crippen LogP contribution in [0, 0.1) is 12.7 Å². The fourth-order valence-electron chi connectivity index (χ4n) is 4.32. The van der Waals surface area contributed by atoms with E-state index in [2.05, 4.69) is 10.3 Å². The normalized spacial score (nSPS) is 12.6. The Morgan fingerprint density at radius 2 is 1.74 bits per heavy atom. The standard InChI is InChI=1S/C32H28F4N2O5/c1-19(17-28(39)24-9-6-10-25(29(24)33)32(34,35)36)37-27(31(40)41)18-21-11-13-23(14-12-21)42-16-15-26-20(2)43-30(38-26)22-7-4-3-5-8-22/h3-14,17,27,37H,15-16,18H2,1-2H3,(H,40,41)/t27-/m0/s1. The van der Waals surface area contributed by atoms with Gasteiger partial charge in [-0.15, -0.1) is 0 Å². The first-order chi connectivity index (χ1) is 20.4. The van der Waals surface area contributed by atoms with Crippen LogP contribution in [-0.4, -0.2) is 34.5 Å². The first-order valence-corrected chi connectivity index (χ1v) is 13.2. The van der Waals surface area contributed by atoms with E-state index >= 15 is 0 Å². The van der Waals surface area contributed by atoms with E-state index in [9.17, 15) is 32.3 Å². The Kier molecular flexibility index (Phi) is 9.64. The monoisotopic (exact) mass is 596 g/mol. The topological polar surface area (TPSA) is 102 Å². The van der Waals surface area contributed by atoms with Gasteiger partial charge in [0.25, 0.3) is 0 Å². The van der Waals surface area contributed by atoms with Crippen molar-refractivity contribution in [3.8, 4) is 17.2 Å². The first kappa shape index (κ1) is 31.0. The maximum atomic E-state index is 14.3. The van der Waals surface area contributed by atoms with Crippen molar-refractivity contribution in [3.05, 3.63) is 119 Å². The van der Waals surface area contributed by atoms with E-state index in [1.165, 1.54) is 6.92 Å². The Balaban J connectivity index is 1.33. The van der Waals surface area contributed by atoms with Gasteiger partial charge in [0.15, 0.2) is 5.78 Å². The van der Waals surface area contributed by atoms with Crippen LogP contribution in [0.3, 0.4) is 0 Å². The van der Waals surface area contributed by atoms with Gasteiger partial charge >= 0.3 is 12.1 Å². The molecule has 224 valence electrons. The number of rotatable bonds is 12. The summed E-state index contributed by atoms with van der Waals surface area (Å²) in [6, 6.07) is 17.6. The molecule has 11 heteroatoms. The number of aliphatic carboxylic acids is 1. The number of halogens is 4. The number of nitrogens with one attached hydrogen (secondary N) is 1. The fraction of sp³-hybridized carbons (Fsp3) is 0.219. The van der Waals surface area contributed by atoms with Crippen LogP contribution in [0.5, 0.6) is 5.75 Å². The Bertz CT molecular complexity index is 1610. The van der Waals surface area contributed by atoms with Gasteiger partial charge in [-0.2, -0.15) is 13.2 Å². The van der Waals surface area contributed by atoms with Gasteiger partial charge in [-0.25, -0.2) is 14.2 Å². The quantitative estimate of drug-likeness (QED) is 0.105. The molecule has 0 radical (unpaired) electrons. The highest BCUT2D eigenvalue weighted by Gasteiger charge is 2.35. The van der Waals surface area contributed by atoms with Crippen LogP contribution >= 0.6 is 0 Å². The second-order valence-corrected chi connectivity index (χ2v) is 9.73. The van der Waals surface area contributed by atoms with Crippen LogP contribution in [0.1, 0.15) is 39.9 Å². The summed E-state index contributed by atoms with van der Waals surface area (Å²) >= 11 is 0. The Hall–Kier alpha value is -4.93. The summed E-state index contributed by atoms with van der Waals surface area (Å²) in [4.78, 5) is 28.9. The maximum Gasteiger partial charge on any atom is 0.419 e. The SMILES string of the molecule is CC(=CC(=O)c1cccc(C(F)(F)F)c1F)N[C@@H](Cc1ccc(OCCc2nc(-c3ccccc3)oc2C)cc1)C(=O)O. The van der Waals surface area contributed by atoms with Crippen molar-refractivity contribution in [3.63, 3.8) is 0 Å². The summed E-state index contributed by atoms with van der Waals surface area (Å²) in [5.41, 5.74) is 0.0308. The minimum Gasteiger partial charge on any atom is -0.493 e. The molecule has 43 heavy (non-hydrogen) atoms. The van der Waals surface area contributed by atoms with Crippen LogP contribution in [0.25, 0.3) is 11.5 Å². The highest BCUT2D eigenvalue weighted by atomic mass is 19.4. The number of aromatic nitrogens is 1. The molecule has 1 atom stereocenters. The number of carbonyl (C=O) groups is 2. The zero-order valence-electron chi connectivity index (χ0n) is 23.2. The average Bonchev–Trinajstić information content (AvgIpc) is 3.33. The van der Waals surface area contributed by atoms with Gasteiger partial charge in [0.2, 0.25) is 5.89 Å². The Labute approximate surface area is 244 Å². The molecule has 1 heterocycles. The van der Waals surface area contributed by atoms with Gasteiger partial charge in [0.1, 0.15) is 23.4 Å². The molecule has 3 aromatic carbocycles. The third-order valence-electron chi connectivity index (χ3n) is 6.50. The fourth-order valence-corrected chi connectivity index (χ4v) is 4.32. The number of benzene rings is 3. The predicted molar refractivity (Wildman–Crippen MR) is 150 cm³/mol. The zero-order valence-corrected chi connectivity index (χ0v) is 23.2. The number of nitrogens with zero attached hydrogens (tertiary/aromatic N) is 1. The van der Waals surface area contributed by atoms with E-state index in [1.807, 2.05) is 37.3 Å². The number of ether oxygens (including phenoxy) is 1. The molecule has 2 N–H and O–H groups in total.